The zero-order chi connectivity index (χ0) is 29.1. The highest BCUT2D eigenvalue weighted by Crippen LogP contribution is 2.35. The first-order chi connectivity index (χ1) is 19.0. The number of aliphatic hydroxyl groups is 8. The Bertz CT molecular complexity index is 1080. The van der Waals surface area contributed by atoms with Crippen LogP contribution in [0.5, 0.6) is 0 Å². The van der Waals surface area contributed by atoms with Crippen molar-refractivity contribution in [1.82, 2.24) is 0 Å². The van der Waals surface area contributed by atoms with Crippen molar-refractivity contribution in [1.29, 1.82) is 0 Å². The van der Waals surface area contributed by atoms with Gasteiger partial charge in [0.05, 0.1) is 19.3 Å². The maximum absolute atomic E-state index is 14.5. The van der Waals surface area contributed by atoms with E-state index >= 15 is 0 Å². The summed E-state index contributed by atoms with van der Waals surface area (Å²) in [5.74, 6) is -0.334. The van der Waals surface area contributed by atoms with Crippen LogP contribution in [0.4, 0.5) is 4.39 Å². The summed E-state index contributed by atoms with van der Waals surface area (Å²) in [6, 6.07) is 6.64. The van der Waals surface area contributed by atoms with Gasteiger partial charge in [0.1, 0.15) is 60.8 Å². The molecular weight excluding hydrogens is 547 g/mol. The lowest BCUT2D eigenvalue weighted by atomic mass is 9.90. The molecule has 1 aliphatic carbocycles. The second-order valence-electron chi connectivity index (χ2n) is 10.7. The van der Waals surface area contributed by atoms with Crippen molar-refractivity contribution in [2.24, 2.45) is 0 Å². The number of ether oxygens (including phenoxy) is 2. The fourth-order valence-corrected chi connectivity index (χ4v) is 6.68. The molecule has 0 spiro atoms. The van der Waals surface area contributed by atoms with Crippen molar-refractivity contribution in [3.8, 4) is 0 Å². The fraction of sp³-hybridized carbons (Fsp3) is 0.643. The maximum atomic E-state index is 14.5. The molecule has 10 nitrogen and oxygen atoms in total. The topological polar surface area (TPSA) is 180 Å². The van der Waals surface area contributed by atoms with E-state index in [1.54, 1.807) is 24.3 Å². The second kappa shape index (κ2) is 13.6. The van der Waals surface area contributed by atoms with Gasteiger partial charge < -0.3 is 50.3 Å². The molecule has 12 heteroatoms. The summed E-state index contributed by atoms with van der Waals surface area (Å²) >= 11 is 1.73. The average molecular weight is 587 g/mol. The van der Waals surface area contributed by atoms with Crippen molar-refractivity contribution >= 4 is 11.3 Å². The van der Waals surface area contributed by atoms with Crippen LogP contribution in [-0.2, 0) is 28.7 Å². The Labute approximate surface area is 235 Å². The lowest BCUT2D eigenvalue weighted by molar-refractivity contribution is -0.231. The summed E-state index contributed by atoms with van der Waals surface area (Å²) in [5, 5.41) is 76.0. The predicted molar refractivity (Wildman–Crippen MR) is 142 cm³/mol. The molecule has 40 heavy (non-hydrogen) atoms. The Balaban J connectivity index is 0.000000259. The monoisotopic (exact) mass is 586 g/mol. The minimum absolute atomic E-state index is 0.334. The van der Waals surface area contributed by atoms with E-state index in [9.17, 15) is 40.1 Å². The smallest absolute Gasteiger partial charge is 0.126 e. The average Bonchev–Trinajstić information content (AvgIpc) is 3.37. The van der Waals surface area contributed by atoms with Crippen LogP contribution < -0.4 is 0 Å². The minimum Gasteiger partial charge on any atom is -0.394 e. The molecule has 0 bridgehead atoms. The van der Waals surface area contributed by atoms with E-state index < -0.39 is 67.6 Å². The van der Waals surface area contributed by atoms with E-state index in [1.807, 2.05) is 0 Å². The van der Waals surface area contributed by atoms with Crippen LogP contribution in [0.3, 0.4) is 0 Å². The van der Waals surface area contributed by atoms with Gasteiger partial charge in [-0.05, 0) is 67.5 Å². The fourth-order valence-electron chi connectivity index (χ4n) is 5.40. The zero-order valence-electron chi connectivity index (χ0n) is 22.2. The van der Waals surface area contributed by atoms with Gasteiger partial charge in [0.2, 0.25) is 0 Å². The first kappa shape index (κ1) is 31.4. The number of hydrogen-bond acceptors (Lipinski definition) is 11. The Hall–Kier alpha value is -1.55. The number of thiophene rings is 1. The summed E-state index contributed by atoms with van der Waals surface area (Å²) in [6.45, 7) is 0.716. The highest BCUT2D eigenvalue weighted by Gasteiger charge is 2.44. The van der Waals surface area contributed by atoms with Gasteiger partial charge in [0, 0.05) is 16.2 Å². The lowest BCUT2D eigenvalue weighted by Crippen LogP contribution is -2.57. The van der Waals surface area contributed by atoms with Crippen LogP contribution in [-0.4, -0.2) is 109 Å². The highest BCUT2D eigenvalue weighted by atomic mass is 32.1. The van der Waals surface area contributed by atoms with E-state index in [-0.39, 0.29) is 12.4 Å². The minimum atomic E-state index is -1.45. The van der Waals surface area contributed by atoms with Crippen LogP contribution in [0.2, 0.25) is 0 Å². The number of rotatable bonds is 5. The summed E-state index contributed by atoms with van der Waals surface area (Å²) in [6.07, 6.45) is -6.08. The third-order valence-corrected chi connectivity index (χ3v) is 9.07. The van der Waals surface area contributed by atoms with Gasteiger partial charge in [-0.3, -0.25) is 0 Å². The molecule has 2 aliphatic heterocycles. The third-order valence-electron chi connectivity index (χ3n) is 7.83. The molecule has 1 aromatic heterocycles. The van der Waals surface area contributed by atoms with E-state index in [2.05, 4.69) is 6.07 Å². The lowest BCUT2D eigenvalue weighted by Gasteiger charge is -2.40. The number of aryl methyl sites for hydroxylation is 2. The molecule has 2 aromatic rings. The Morgan fingerprint density at radius 3 is 2.08 bits per heavy atom. The molecule has 0 amide bonds. The molecule has 2 fully saturated rings. The van der Waals surface area contributed by atoms with E-state index in [0.29, 0.717) is 17.5 Å². The molecule has 3 aliphatic rings. The van der Waals surface area contributed by atoms with Gasteiger partial charge in [-0.2, -0.15) is 0 Å². The maximum Gasteiger partial charge on any atom is 0.126 e. The second-order valence-corrected chi connectivity index (χ2v) is 11.9. The summed E-state index contributed by atoms with van der Waals surface area (Å²) in [4.78, 5) is 2.50. The van der Waals surface area contributed by atoms with Crippen LogP contribution in [0, 0.1) is 5.82 Å². The van der Waals surface area contributed by atoms with Gasteiger partial charge in [0.15, 0.2) is 0 Å². The molecule has 0 radical (unpaired) electrons. The number of fused-ring (bicyclic) bond motifs is 1. The Kier molecular flexibility index (Phi) is 10.7. The van der Waals surface area contributed by atoms with Crippen LogP contribution in [0.1, 0.15) is 52.3 Å². The van der Waals surface area contributed by atoms with Crippen LogP contribution in [0.25, 0.3) is 0 Å². The van der Waals surface area contributed by atoms with Crippen molar-refractivity contribution in [3.63, 3.8) is 0 Å². The normalized spacial score (nSPS) is 36.0. The van der Waals surface area contributed by atoms with E-state index in [1.165, 1.54) is 35.4 Å². The largest absolute Gasteiger partial charge is 0.394 e. The van der Waals surface area contributed by atoms with Gasteiger partial charge in [0.25, 0.3) is 0 Å². The molecule has 0 unspecified atom stereocenters. The molecule has 224 valence electrons. The quantitative estimate of drug-likeness (QED) is 0.232. The van der Waals surface area contributed by atoms with Crippen molar-refractivity contribution in [2.75, 3.05) is 13.2 Å². The third kappa shape index (κ3) is 6.74. The summed E-state index contributed by atoms with van der Waals surface area (Å²) in [5.41, 5.74) is 2.37. The molecule has 5 rings (SSSR count). The first-order valence-corrected chi connectivity index (χ1v) is 14.4. The highest BCUT2D eigenvalue weighted by molar-refractivity contribution is 7.12. The van der Waals surface area contributed by atoms with Crippen LogP contribution >= 0.6 is 11.3 Å². The Morgan fingerprint density at radius 1 is 0.800 bits per heavy atom. The molecule has 10 atom stereocenters. The van der Waals surface area contributed by atoms with E-state index in [0.717, 1.165) is 17.7 Å². The van der Waals surface area contributed by atoms with Gasteiger partial charge in [-0.15, -0.1) is 11.3 Å². The molecule has 0 saturated carbocycles. The molecule has 8 N–H and O–H groups in total. The number of aliphatic hydroxyl groups excluding tert-OH is 8. The first-order valence-electron chi connectivity index (χ1n) is 13.6. The summed E-state index contributed by atoms with van der Waals surface area (Å²) in [7, 11) is 0. The molecule has 2 saturated heterocycles. The van der Waals surface area contributed by atoms with Crippen LogP contribution in [0.15, 0.2) is 24.3 Å². The van der Waals surface area contributed by atoms with Gasteiger partial charge in [-0.25, -0.2) is 4.39 Å². The zero-order valence-corrected chi connectivity index (χ0v) is 23.0. The molecule has 1 aromatic carbocycles. The van der Waals surface area contributed by atoms with E-state index in [4.69, 9.17) is 14.6 Å². The van der Waals surface area contributed by atoms with Crippen molar-refractivity contribution < 1.29 is 54.7 Å². The summed E-state index contributed by atoms with van der Waals surface area (Å²) < 4.78 is 25.1. The standard InChI is InChI=1S/C21H25FO5S.C7H14O5/c22-15-6-5-12(21-20(26)19(25)18(24)16(10-23)27-21)7-13(15)9-14-8-11-3-1-2-4-17(11)28-14;1-3-5(9)7(11)6(10)4(2-8)12-3/h5-8,16,18-21,23-26H,1-4,9-10H2;3-11H,2H2,1H3/t16-,18-,19+,20-,21+;3-,4+,5-,6+,7+/m10/s1. The molecular formula is C28H39FO10S. The van der Waals surface area contributed by atoms with Crippen molar-refractivity contribution in [3.05, 3.63) is 56.5 Å². The number of halogens is 1. The number of benzene rings is 1. The van der Waals surface area contributed by atoms with Gasteiger partial charge in [-0.1, -0.05) is 6.07 Å². The SMILES string of the molecule is C[C@@H]1O[C@H](CO)[C@@H](O)[C@H](O)[C@H]1O.OC[C@H]1O[C@@H](c2ccc(F)c(Cc3cc4c(s3)CCCC4)c2)[C@H](O)[C@@H](O)[C@@H]1O. The predicted octanol–water partition coefficient (Wildman–Crippen LogP) is -0.280. The Morgan fingerprint density at radius 2 is 1.43 bits per heavy atom. The molecule has 3 heterocycles. The number of hydrogen-bond donors (Lipinski definition) is 8. The van der Waals surface area contributed by atoms with Gasteiger partial charge >= 0.3 is 0 Å². The van der Waals surface area contributed by atoms with Crippen molar-refractivity contribution in [2.45, 2.75) is 100 Å².